The van der Waals surface area contributed by atoms with Gasteiger partial charge in [-0.15, -0.1) is 0 Å². The molecule has 1 aromatic rings. The second kappa shape index (κ2) is 4.74. The number of alkyl halides is 4. The molecule has 1 unspecified atom stereocenters. The van der Waals surface area contributed by atoms with Crippen LogP contribution in [0.5, 0.6) is 0 Å². The highest BCUT2D eigenvalue weighted by Gasteiger charge is 2.35. The monoisotopic (exact) mass is 341 g/mol. The van der Waals surface area contributed by atoms with E-state index < -0.39 is 11.7 Å². The van der Waals surface area contributed by atoms with E-state index in [4.69, 9.17) is 11.6 Å². The predicted octanol–water partition coefficient (Wildman–Crippen LogP) is 3.86. The summed E-state index contributed by atoms with van der Waals surface area (Å²) in [6, 6.07) is 2.97. The zero-order valence-corrected chi connectivity index (χ0v) is 11.3. The molecule has 1 amide bonds. The van der Waals surface area contributed by atoms with Gasteiger partial charge in [-0.05, 0) is 24.6 Å². The first kappa shape index (κ1) is 13.7. The molecule has 0 aliphatic carbocycles. The molecular weight excluding hydrogens is 334 g/mol. The maximum atomic E-state index is 12.6. The van der Waals surface area contributed by atoms with E-state index in [0.29, 0.717) is 13.0 Å². The van der Waals surface area contributed by atoms with Gasteiger partial charge in [0.15, 0.2) is 0 Å². The lowest BCUT2D eigenvalue weighted by Gasteiger charge is -2.19. The topological polar surface area (TPSA) is 20.3 Å². The van der Waals surface area contributed by atoms with E-state index in [1.807, 2.05) is 0 Å². The predicted molar refractivity (Wildman–Crippen MR) is 66.1 cm³/mol. The first-order valence-corrected chi connectivity index (χ1v) is 6.42. The summed E-state index contributed by atoms with van der Waals surface area (Å²) in [4.78, 5) is 12.7. The van der Waals surface area contributed by atoms with Crippen molar-refractivity contribution in [1.82, 2.24) is 0 Å². The average Bonchev–Trinajstić information content (AvgIpc) is 2.59. The Morgan fingerprint density at radius 2 is 2.06 bits per heavy atom. The number of amides is 1. The minimum absolute atomic E-state index is 0.110. The smallest absolute Gasteiger partial charge is 0.310 e. The first-order valence-electron chi connectivity index (χ1n) is 5.13. The summed E-state index contributed by atoms with van der Waals surface area (Å²) >= 11 is 9.03. The van der Waals surface area contributed by atoms with Crippen LogP contribution in [0.15, 0.2) is 18.2 Å². The summed E-state index contributed by atoms with van der Waals surface area (Å²) in [6.45, 7) is 0.357. The fraction of sp³-hybridized carbons (Fsp3) is 0.364. The van der Waals surface area contributed by atoms with E-state index in [9.17, 15) is 18.0 Å². The summed E-state index contributed by atoms with van der Waals surface area (Å²) in [5, 5.41) is 0.137. The highest BCUT2D eigenvalue weighted by Crippen LogP contribution is 2.37. The van der Waals surface area contributed by atoms with Crippen molar-refractivity contribution in [3.63, 3.8) is 0 Å². The lowest BCUT2D eigenvalue weighted by atomic mass is 10.2. The number of rotatable bonds is 1. The van der Waals surface area contributed by atoms with Crippen LogP contribution >= 0.6 is 27.5 Å². The van der Waals surface area contributed by atoms with Crippen LogP contribution < -0.4 is 4.90 Å². The number of anilines is 1. The number of hydrogen-bond acceptors (Lipinski definition) is 1. The largest absolute Gasteiger partial charge is 0.416 e. The second-order valence-electron chi connectivity index (χ2n) is 3.91. The standard InChI is InChI=1S/C11H8BrClF3NO/c12-7-3-4-17(10(7)18)9-5-6(11(14,15)16)1-2-8(9)13/h1-2,5,7H,3-4H2. The van der Waals surface area contributed by atoms with Gasteiger partial charge in [-0.25, -0.2) is 0 Å². The van der Waals surface area contributed by atoms with Gasteiger partial charge in [0, 0.05) is 6.54 Å². The Labute approximate surface area is 115 Å². The highest BCUT2D eigenvalue weighted by atomic mass is 79.9. The molecule has 0 radical (unpaired) electrons. The van der Waals surface area contributed by atoms with Gasteiger partial charge < -0.3 is 4.90 Å². The Kier molecular flexibility index (Phi) is 3.60. The zero-order valence-electron chi connectivity index (χ0n) is 8.97. The Morgan fingerprint density at radius 1 is 1.39 bits per heavy atom. The molecule has 0 saturated carbocycles. The molecule has 1 aromatic carbocycles. The third-order valence-electron chi connectivity index (χ3n) is 2.70. The molecule has 7 heteroatoms. The van der Waals surface area contributed by atoms with Gasteiger partial charge in [0.25, 0.3) is 0 Å². The van der Waals surface area contributed by atoms with Crippen molar-refractivity contribution in [2.24, 2.45) is 0 Å². The van der Waals surface area contributed by atoms with Crippen LogP contribution in [0.4, 0.5) is 18.9 Å². The van der Waals surface area contributed by atoms with E-state index in [-0.39, 0.29) is 21.4 Å². The third-order valence-corrected chi connectivity index (χ3v) is 3.87. The number of halogens is 5. The van der Waals surface area contributed by atoms with Crippen molar-refractivity contribution >= 4 is 39.1 Å². The minimum atomic E-state index is -4.45. The Bertz CT molecular complexity index is 492. The van der Waals surface area contributed by atoms with E-state index in [0.717, 1.165) is 18.2 Å². The number of carbonyl (C=O) groups excluding carboxylic acids is 1. The summed E-state index contributed by atoms with van der Waals surface area (Å²) in [6.07, 6.45) is -3.90. The minimum Gasteiger partial charge on any atom is -0.310 e. The zero-order chi connectivity index (χ0) is 13.5. The van der Waals surface area contributed by atoms with E-state index in [1.54, 1.807) is 0 Å². The van der Waals surface area contributed by atoms with Gasteiger partial charge in [0.05, 0.1) is 21.1 Å². The molecule has 1 saturated heterocycles. The Balaban J connectivity index is 2.42. The lowest BCUT2D eigenvalue weighted by Crippen LogP contribution is -2.27. The summed E-state index contributed by atoms with van der Waals surface area (Å²) in [5.41, 5.74) is -0.703. The molecule has 98 valence electrons. The van der Waals surface area contributed by atoms with Gasteiger partial charge in [0.1, 0.15) is 0 Å². The van der Waals surface area contributed by atoms with Gasteiger partial charge >= 0.3 is 6.18 Å². The van der Waals surface area contributed by atoms with Crippen LogP contribution in [0.1, 0.15) is 12.0 Å². The van der Waals surface area contributed by atoms with Crippen LogP contribution in [0.25, 0.3) is 0 Å². The number of hydrogen-bond donors (Lipinski definition) is 0. The molecule has 2 rings (SSSR count). The normalized spacial score (nSPS) is 20.6. The number of benzene rings is 1. The molecule has 1 atom stereocenters. The van der Waals surface area contributed by atoms with Crippen molar-refractivity contribution in [3.8, 4) is 0 Å². The van der Waals surface area contributed by atoms with Gasteiger partial charge in [-0.2, -0.15) is 13.2 Å². The molecule has 1 aliphatic heterocycles. The van der Waals surface area contributed by atoms with Crippen molar-refractivity contribution in [2.45, 2.75) is 17.4 Å². The summed E-state index contributed by atoms with van der Waals surface area (Å²) in [7, 11) is 0. The maximum absolute atomic E-state index is 12.6. The average molecular weight is 343 g/mol. The van der Waals surface area contributed by atoms with Crippen LogP contribution in [-0.2, 0) is 11.0 Å². The third kappa shape index (κ3) is 2.49. The Morgan fingerprint density at radius 3 is 2.56 bits per heavy atom. The van der Waals surface area contributed by atoms with Crippen molar-refractivity contribution in [2.75, 3.05) is 11.4 Å². The molecule has 0 aromatic heterocycles. The van der Waals surface area contributed by atoms with E-state index in [2.05, 4.69) is 15.9 Å². The molecule has 1 heterocycles. The van der Waals surface area contributed by atoms with E-state index in [1.165, 1.54) is 4.90 Å². The summed E-state index contributed by atoms with van der Waals surface area (Å²) in [5.74, 6) is -0.267. The van der Waals surface area contributed by atoms with Crippen molar-refractivity contribution in [3.05, 3.63) is 28.8 Å². The number of nitrogens with zero attached hydrogens (tertiary/aromatic N) is 1. The van der Waals surface area contributed by atoms with E-state index >= 15 is 0 Å². The molecular formula is C11H8BrClF3NO. The van der Waals surface area contributed by atoms with Gasteiger partial charge in [-0.3, -0.25) is 4.79 Å². The second-order valence-corrected chi connectivity index (χ2v) is 5.42. The SMILES string of the molecule is O=C1C(Br)CCN1c1cc(C(F)(F)F)ccc1Cl. The molecule has 1 aliphatic rings. The van der Waals surface area contributed by atoms with Gasteiger partial charge in [-0.1, -0.05) is 27.5 Å². The van der Waals surface area contributed by atoms with Crippen LogP contribution in [-0.4, -0.2) is 17.3 Å². The van der Waals surface area contributed by atoms with Crippen LogP contribution in [0.2, 0.25) is 5.02 Å². The van der Waals surface area contributed by atoms with Crippen molar-refractivity contribution < 1.29 is 18.0 Å². The molecule has 0 N–H and O–H groups in total. The fourth-order valence-electron chi connectivity index (χ4n) is 1.78. The molecule has 0 spiro atoms. The van der Waals surface area contributed by atoms with Crippen molar-refractivity contribution in [1.29, 1.82) is 0 Å². The molecule has 1 fully saturated rings. The Hall–Kier alpha value is -0.750. The quantitative estimate of drug-likeness (QED) is 0.710. The van der Waals surface area contributed by atoms with Crippen LogP contribution in [0.3, 0.4) is 0 Å². The molecule has 2 nitrogen and oxygen atoms in total. The maximum Gasteiger partial charge on any atom is 0.416 e. The summed E-state index contributed by atoms with van der Waals surface area (Å²) < 4.78 is 37.8. The first-order chi connectivity index (χ1) is 8.30. The lowest BCUT2D eigenvalue weighted by molar-refractivity contribution is -0.137. The highest BCUT2D eigenvalue weighted by molar-refractivity contribution is 9.10. The molecule has 0 bridgehead atoms. The number of carbonyl (C=O) groups is 1. The molecule has 18 heavy (non-hydrogen) atoms. The van der Waals surface area contributed by atoms with Gasteiger partial charge in [0.2, 0.25) is 5.91 Å². The fourth-order valence-corrected chi connectivity index (χ4v) is 2.45. The van der Waals surface area contributed by atoms with Crippen LogP contribution in [0, 0.1) is 0 Å².